The summed E-state index contributed by atoms with van der Waals surface area (Å²) in [5, 5.41) is 55.9. The summed E-state index contributed by atoms with van der Waals surface area (Å²) in [6, 6.07) is 9.05. The molecule has 2 fully saturated rings. The fourth-order valence-corrected chi connectivity index (χ4v) is 4.22. The number of aliphatic hydroxyl groups excluding tert-OH is 5. The van der Waals surface area contributed by atoms with Crippen LogP contribution in [0.1, 0.15) is 30.9 Å². The second-order valence-corrected chi connectivity index (χ2v) is 8.52. The van der Waals surface area contributed by atoms with Gasteiger partial charge in [-0.2, -0.15) is 15.0 Å². The van der Waals surface area contributed by atoms with E-state index in [1.165, 1.54) is 0 Å². The van der Waals surface area contributed by atoms with Crippen molar-refractivity contribution in [1.82, 2.24) is 15.0 Å². The third-order valence-corrected chi connectivity index (χ3v) is 6.17. The summed E-state index contributed by atoms with van der Waals surface area (Å²) in [6.45, 7) is 0.312. The van der Waals surface area contributed by atoms with Crippen LogP contribution in [0.15, 0.2) is 30.3 Å². The van der Waals surface area contributed by atoms with Crippen molar-refractivity contribution in [2.24, 2.45) is 0 Å². The Bertz CT molecular complexity index is 924. The van der Waals surface area contributed by atoms with Crippen molar-refractivity contribution in [1.29, 1.82) is 0 Å². The lowest BCUT2D eigenvalue weighted by Gasteiger charge is -2.34. The highest BCUT2D eigenvalue weighted by Crippen LogP contribution is 2.26. The largest absolute Gasteiger partial charge is 0.394 e. The number of piperidine rings is 1. The summed E-state index contributed by atoms with van der Waals surface area (Å²) >= 11 is 0. The maximum atomic E-state index is 10.5. The highest BCUT2D eigenvalue weighted by atomic mass is 16.6. The molecule has 2 aliphatic heterocycles. The van der Waals surface area contributed by atoms with Crippen molar-refractivity contribution >= 4 is 17.8 Å². The van der Waals surface area contributed by atoms with Gasteiger partial charge in [-0.3, -0.25) is 0 Å². The third kappa shape index (κ3) is 5.54. The number of anilines is 3. The zero-order chi connectivity index (χ0) is 24.1. The minimum absolute atomic E-state index is 0.0429. The van der Waals surface area contributed by atoms with E-state index in [-0.39, 0.29) is 31.1 Å². The Labute approximate surface area is 197 Å². The molecule has 34 heavy (non-hydrogen) atoms. The van der Waals surface area contributed by atoms with E-state index in [4.69, 9.17) is 4.74 Å². The molecular formula is C22H32N6O6. The number of ether oxygens (including phenoxy) is 1. The maximum absolute atomic E-state index is 10.5. The fraction of sp³-hybridized carbons (Fsp3) is 0.591. The number of hydrogen-bond acceptors (Lipinski definition) is 12. The summed E-state index contributed by atoms with van der Waals surface area (Å²) in [6.07, 6.45) is -2.61. The van der Waals surface area contributed by atoms with E-state index in [0.29, 0.717) is 12.5 Å². The second kappa shape index (κ2) is 11.2. The highest BCUT2D eigenvalue weighted by molar-refractivity contribution is 5.45. The lowest BCUT2D eigenvalue weighted by Crippen LogP contribution is -2.43. The Hall–Kier alpha value is -2.61. The average Bonchev–Trinajstić information content (AvgIpc) is 3.15. The van der Waals surface area contributed by atoms with Gasteiger partial charge in [-0.1, -0.05) is 30.3 Å². The molecule has 0 aliphatic carbocycles. The summed E-state index contributed by atoms with van der Waals surface area (Å²) in [5.41, 5.74) is 0.741. The lowest BCUT2D eigenvalue weighted by molar-refractivity contribution is -0.0154. The molecule has 4 rings (SSSR count). The van der Waals surface area contributed by atoms with E-state index in [9.17, 15) is 25.5 Å². The molecule has 12 nitrogen and oxygen atoms in total. The minimum Gasteiger partial charge on any atom is -0.394 e. The van der Waals surface area contributed by atoms with E-state index < -0.39 is 37.3 Å². The first-order valence-electron chi connectivity index (χ1n) is 11.5. The van der Waals surface area contributed by atoms with Crippen molar-refractivity contribution in [3.63, 3.8) is 0 Å². The van der Waals surface area contributed by atoms with E-state index in [0.717, 1.165) is 24.8 Å². The molecule has 0 bridgehead atoms. The number of benzene rings is 1. The van der Waals surface area contributed by atoms with Crippen molar-refractivity contribution in [2.75, 3.05) is 41.8 Å². The predicted octanol–water partition coefficient (Wildman–Crippen LogP) is -0.781. The van der Waals surface area contributed by atoms with Gasteiger partial charge in [-0.25, -0.2) is 0 Å². The van der Waals surface area contributed by atoms with E-state index in [1.54, 1.807) is 0 Å². The lowest BCUT2D eigenvalue weighted by atomic mass is 10.0. The number of hydrogen-bond donors (Lipinski definition) is 7. The van der Waals surface area contributed by atoms with Crippen molar-refractivity contribution in [2.45, 2.75) is 55.9 Å². The van der Waals surface area contributed by atoms with Gasteiger partial charge in [0.15, 0.2) is 6.23 Å². The van der Waals surface area contributed by atoms with Crippen LogP contribution in [0.4, 0.5) is 17.8 Å². The second-order valence-electron chi connectivity index (χ2n) is 8.52. The maximum Gasteiger partial charge on any atom is 0.232 e. The number of aliphatic hydroxyl groups is 5. The first-order chi connectivity index (χ1) is 16.5. The molecule has 1 aromatic carbocycles. The topological polar surface area (TPSA) is 176 Å². The molecule has 7 N–H and O–H groups in total. The number of aromatic nitrogens is 3. The monoisotopic (exact) mass is 476 g/mol. The molecule has 2 aliphatic rings. The summed E-state index contributed by atoms with van der Waals surface area (Å²) < 4.78 is 5.49. The Kier molecular flexibility index (Phi) is 8.08. The standard InChI is InChI=1S/C22H32N6O6/c29-11-14-8-4-5-9-28(14)22-26-20(23-10-15(31)13-6-2-1-3-7-13)25-21(27-22)24-19-18(33)17(32)16(12-30)34-19/h1-3,6-7,14-19,29-33H,4-5,8-12H2,(H2,23,24,25,26,27)/t14?,15?,16-,17-,18-,19-/m1/s1. The fourth-order valence-electron chi connectivity index (χ4n) is 4.22. The van der Waals surface area contributed by atoms with Gasteiger partial charge in [-0.15, -0.1) is 0 Å². The highest BCUT2D eigenvalue weighted by Gasteiger charge is 2.42. The molecule has 1 aromatic heterocycles. The summed E-state index contributed by atoms with van der Waals surface area (Å²) in [7, 11) is 0. The third-order valence-electron chi connectivity index (χ3n) is 6.17. The van der Waals surface area contributed by atoms with Crippen molar-refractivity contribution < 1.29 is 30.3 Å². The molecule has 12 heteroatoms. The summed E-state index contributed by atoms with van der Waals surface area (Å²) in [5.74, 6) is 0.606. The number of nitrogens with zero attached hydrogens (tertiary/aromatic N) is 4. The molecular weight excluding hydrogens is 444 g/mol. The van der Waals surface area contributed by atoms with Crippen LogP contribution in [0.2, 0.25) is 0 Å². The first-order valence-corrected chi connectivity index (χ1v) is 11.5. The predicted molar refractivity (Wildman–Crippen MR) is 123 cm³/mol. The van der Waals surface area contributed by atoms with Gasteiger partial charge >= 0.3 is 0 Å². The molecule has 2 aromatic rings. The van der Waals surface area contributed by atoms with Gasteiger partial charge < -0.3 is 45.8 Å². The van der Waals surface area contributed by atoms with Crippen LogP contribution in [0.3, 0.4) is 0 Å². The quantitative estimate of drug-likeness (QED) is 0.241. The number of nitrogens with one attached hydrogen (secondary N) is 2. The van der Waals surface area contributed by atoms with Crippen LogP contribution in [0, 0.1) is 0 Å². The van der Waals surface area contributed by atoms with Gasteiger partial charge in [0.25, 0.3) is 0 Å². The zero-order valence-electron chi connectivity index (χ0n) is 18.7. The smallest absolute Gasteiger partial charge is 0.232 e. The molecule has 3 heterocycles. The normalized spacial score (nSPS) is 28.0. The van der Waals surface area contributed by atoms with Crippen LogP contribution in [-0.4, -0.2) is 97.4 Å². The molecule has 0 spiro atoms. The average molecular weight is 477 g/mol. The minimum atomic E-state index is -1.30. The van der Waals surface area contributed by atoms with Gasteiger partial charge in [-0.05, 0) is 24.8 Å². The van der Waals surface area contributed by atoms with Gasteiger partial charge in [0, 0.05) is 13.1 Å². The van der Waals surface area contributed by atoms with Crippen molar-refractivity contribution in [3.8, 4) is 0 Å². The number of rotatable bonds is 9. The molecule has 0 amide bonds. The Morgan fingerprint density at radius 3 is 2.47 bits per heavy atom. The SMILES string of the molecule is OCC1CCCCN1c1nc(NCC(O)c2ccccc2)nc(N[C@@H]2O[C@H](CO)[C@@H](O)[C@H]2O)n1. The molecule has 0 saturated carbocycles. The van der Waals surface area contributed by atoms with Gasteiger partial charge in [0.2, 0.25) is 17.8 Å². The van der Waals surface area contributed by atoms with Crippen molar-refractivity contribution in [3.05, 3.63) is 35.9 Å². The van der Waals surface area contributed by atoms with Crippen LogP contribution in [-0.2, 0) is 4.74 Å². The van der Waals surface area contributed by atoms with E-state index in [1.807, 2.05) is 35.2 Å². The Morgan fingerprint density at radius 2 is 1.76 bits per heavy atom. The van der Waals surface area contributed by atoms with Crippen LogP contribution in [0.5, 0.6) is 0 Å². The van der Waals surface area contributed by atoms with E-state index in [2.05, 4.69) is 25.6 Å². The molecule has 186 valence electrons. The van der Waals surface area contributed by atoms with Gasteiger partial charge in [0.1, 0.15) is 18.3 Å². The van der Waals surface area contributed by atoms with Crippen LogP contribution >= 0.6 is 0 Å². The first kappa shape index (κ1) is 24.5. The Balaban J connectivity index is 1.56. The van der Waals surface area contributed by atoms with Crippen LogP contribution < -0.4 is 15.5 Å². The van der Waals surface area contributed by atoms with Gasteiger partial charge in [0.05, 0.1) is 25.4 Å². The summed E-state index contributed by atoms with van der Waals surface area (Å²) in [4.78, 5) is 15.2. The molecule has 0 radical (unpaired) electrons. The zero-order valence-corrected chi connectivity index (χ0v) is 18.7. The van der Waals surface area contributed by atoms with E-state index >= 15 is 0 Å². The molecule has 6 atom stereocenters. The molecule has 2 unspecified atom stereocenters. The molecule has 2 saturated heterocycles. The van der Waals surface area contributed by atoms with Crippen LogP contribution in [0.25, 0.3) is 0 Å². The Morgan fingerprint density at radius 1 is 1.00 bits per heavy atom.